The van der Waals surface area contributed by atoms with Crippen molar-refractivity contribution in [1.29, 1.82) is 0 Å². The summed E-state index contributed by atoms with van der Waals surface area (Å²) in [5.41, 5.74) is 1.36. The number of likely N-dealkylation sites (N-methyl/N-ethyl adjacent to an activating group) is 1. The number of amides is 2. The van der Waals surface area contributed by atoms with Gasteiger partial charge in [-0.25, -0.2) is 4.98 Å². The number of aromatic nitrogens is 1. The Hall–Kier alpha value is -2.11. The molecule has 0 aliphatic heterocycles. The normalized spacial score (nSPS) is 10.3. The van der Waals surface area contributed by atoms with Gasteiger partial charge in [0.1, 0.15) is 5.82 Å². The second-order valence-electron chi connectivity index (χ2n) is 5.10. The highest BCUT2D eigenvalue weighted by molar-refractivity contribution is 5.97. The zero-order valence-corrected chi connectivity index (χ0v) is 13.1. The van der Waals surface area contributed by atoms with Gasteiger partial charge in [-0.2, -0.15) is 0 Å². The van der Waals surface area contributed by atoms with Crippen LogP contribution in [0, 0.1) is 0 Å². The molecule has 0 aliphatic rings. The summed E-state index contributed by atoms with van der Waals surface area (Å²) in [6.45, 7) is 6.88. The van der Waals surface area contributed by atoms with Crippen molar-refractivity contribution in [2.24, 2.45) is 0 Å². The molecule has 116 valence electrons. The lowest BCUT2D eigenvalue weighted by atomic mass is 10.1. The van der Waals surface area contributed by atoms with E-state index >= 15 is 0 Å². The van der Waals surface area contributed by atoms with Crippen molar-refractivity contribution in [1.82, 2.24) is 15.6 Å². The molecule has 1 heterocycles. The zero-order valence-electron chi connectivity index (χ0n) is 13.1. The highest BCUT2D eigenvalue weighted by Crippen LogP contribution is 2.17. The fourth-order valence-corrected chi connectivity index (χ4v) is 1.67. The molecule has 0 bridgehead atoms. The molecule has 1 aromatic heterocycles. The van der Waals surface area contributed by atoms with Crippen LogP contribution in [0.3, 0.4) is 0 Å². The number of rotatable bonds is 7. The zero-order chi connectivity index (χ0) is 15.8. The van der Waals surface area contributed by atoms with E-state index in [0.29, 0.717) is 11.4 Å². The summed E-state index contributed by atoms with van der Waals surface area (Å²) in [6.07, 6.45) is 0.978. The predicted octanol–water partition coefficient (Wildman–Crippen LogP) is 1.50. The van der Waals surface area contributed by atoms with Gasteiger partial charge < -0.3 is 16.0 Å². The number of pyridine rings is 1. The first kappa shape index (κ1) is 16.9. The van der Waals surface area contributed by atoms with Gasteiger partial charge in [-0.1, -0.05) is 20.8 Å². The summed E-state index contributed by atoms with van der Waals surface area (Å²) in [6, 6.07) is 3.47. The van der Waals surface area contributed by atoms with E-state index in [1.54, 1.807) is 12.1 Å². The van der Waals surface area contributed by atoms with E-state index in [2.05, 4.69) is 27.9 Å². The lowest BCUT2D eigenvalue weighted by Gasteiger charge is -2.12. The van der Waals surface area contributed by atoms with Crippen LogP contribution in [-0.4, -0.2) is 36.9 Å². The third-order valence-corrected chi connectivity index (χ3v) is 2.94. The van der Waals surface area contributed by atoms with Crippen LogP contribution in [-0.2, 0) is 4.79 Å². The molecule has 3 N–H and O–H groups in total. The number of hydrogen-bond donors (Lipinski definition) is 3. The molecule has 0 radical (unpaired) electrons. The standard InChI is InChI=1S/C15H24N4O2/c1-5-6-17-13-8-11(7-12(19-13)10(2)3)15(21)18-9-14(20)16-4/h7-8,10H,5-6,9H2,1-4H3,(H,16,20)(H,17,19)(H,18,21). The average Bonchev–Trinajstić information content (AvgIpc) is 2.49. The third-order valence-electron chi connectivity index (χ3n) is 2.94. The van der Waals surface area contributed by atoms with E-state index in [-0.39, 0.29) is 24.3 Å². The number of nitrogens with zero attached hydrogens (tertiary/aromatic N) is 1. The molecule has 2 amide bonds. The SMILES string of the molecule is CCCNc1cc(C(=O)NCC(=O)NC)cc(C(C)C)n1. The van der Waals surface area contributed by atoms with Gasteiger partial charge in [0, 0.05) is 24.8 Å². The third kappa shape index (κ3) is 5.41. The molecule has 0 saturated heterocycles. The molecule has 0 aliphatic carbocycles. The van der Waals surface area contributed by atoms with E-state index in [1.165, 1.54) is 7.05 Å². The first-order valence-corrected chi connectivity index (χ1v) is 7.22. The summed E-state index contributed by atoms with van der Waals surface area (Å²) in [7, 11) is 1.53. The Balaban J connectivity index is 2.90. The van der Waals surface area contributed by atoms with E-state index in [0.717, 1.165) is 18.7 Å². The molecule has 0 saturated carbocycles. The second-order valence-corrected chi connectivity index (χ2v) is 5.10. The largest absolute Gasteiger partial charge is 0.370 e. The van der Waals surface area contributed by atoms with Crippen molar-refractivity contribution in [3.8, 4) is 0 Å². The Morgan fingerprint density at radius 1 is 1.29 bits per heavy atom. The summed E-state index contributed by atoms with van der Waals surface area (Å²) >= 11 is 0. The molecule has 0 atom stereocenters. The molecule has 0 aromatic carbocycles. The highest BCUT2D eigenvalue weighted by atomic mass is 16.2. The van der Waals surface area contributed by atoms with Gasteiger partial charge in [-0.15, -0.1) is 0 Å². The van der Waals surface area contributed by atoms with Crippen molar-refractivity contribution in [2.75, 3.05) is 25.5 Å². The molecule has 6 nitrogen and oxygen atoms in total. The molecule has 1 aromatic rings. The summed E-state index contributed by atoms with van der Waals surface area (Å²) in [4.78, 5) is 27.8. The van der Waals surface area contributed by atoms with Crippen molar-refractivity contribution in [3.05, 3.63) is 23.4 Å². The van der Waals surface area contributed by atoms with Crippen LogP contribution in [0.5, 0.6) is 0 Å². The van der Waals surface area contributed by atoms with Gasteiger partial charge in [0.05, 0.1) is 6.54 Å². The van der Waals surface area contributed by atoms with Crippen molar-refractivity contribution in [3.63, 3.8) is 0 Å². The molecule has 0 fully saturated rings. The Labute approximate surface area is 125 Å². The predicted molar refractivity (Wildman–Crippen MR) is 83.5 cm³/mol. The van der Waals surface area contributed by atoms with E-state index in [1.807, 2.05) is 13.8 Å². The lowest BCUT2D eigenvalue weighted by Crippen LogP contribution is -2.35. The van der Waals surface area contributed by atoms with Crippen LogP contribution >= 0.6 is 0 Å². The number of carbonyl (C=O) groups excluding carboxylic acids is 2. The van der Waals surface area contributed by atoms with Crippen LogP contribution in [0.1, 0.15) is 49.2 Å². The summed E-state index contributed by atoms with van der Waals surface area (Å²) in [5, 5.41) is 8.25. The first-order valence-electron chi connectivity index (χ1n) is 7.22. The summed E-state index contributed by atoms with van der Waals surface area (Å²) in [5.74, 6) is 0.403. The molecule has 0 unspecified atom stereocenters. The number of anilines is 1. The lowest BCUT2D eigenvalue weighted by molar-refractivity contribution is -0.119. The molecule has 0 spiro atoms. The maximum Gasteiger partial charge on any atom is 0.251 e. The minimum Gasteiger partial charge on any atom is -0.370 e. The average molecular weight is 292 g/mol. The van der Waals surface area contributed by atoms with Gasteiger partial charge in [0.25, 0.3) is 5.91 Å². The smallest absolute Gasteiger partial charge is 0.251 e. The van der Waals surface area contributed by atoms with E-state index < -0.39 is 0 Å². The Bertz CT molecular complexity index is 500. The fraction of sp³-hybridized carbons (Fsp3) is 0.533. The molecule has 1 rings (SSSR count). The first-order chi connectivity index (χ1) is 9.97. The fourth-order valence-electron chi connectivity index (χ4n) is 1.67. The number of nitrogens with one attached hydrogen (secondary N) is 3. The second kappa shape index (κ2) is 8.24. The Kier molecular flexibility index (Phi) is 6.65. The van der Waals surface area contributed by atoms with Crippen LogP contribution in [0.15, 0.2) is 12.1 Å². The maximum absolute atomic E-state index is 12.1. The molecule has 6 heteroatoms. The van der Waals surface area contributed by atoms with Gasteiger partial charge in [0.2, 0.25) is 5.91 Å². The van der Waals surface area contributed by atoms with Crippen LogP contribution < -0.4 is 16.0 Å². The van der Waals surface area contributed by atoms with Gasteiger partial charge in [-0.05, 0) is 24.5 Å². The Morgan fingerprint density at radius 3 is 2.57 bits per heavy atom. The molecule has 21 heavy (non-hydrogen) atoms. The topological polar surface area (TPSA) is 83.1 Å². The monoisotopic (exact) mass is 292 g/mol. The van der Waals surface area contributed by atoms with Gasteiger partial charge >= 0.3 is 0 Å². The van der Waals surface area contributed by atoms with Crippen molar-refractivity contribution >= 4 is 17.6 Å². The van der Waals surface area contributed by atoms with Gasteiger partial charge in [0.15, 0.2) is 0 Å². The number of hydrogen-bond acceptors (Lipinski definition) is 4. The van der Waals surface area contributed by atoms with Gasteiger partial charge in [-0.3, -0.25) is 9.59 Å². The quantitative estimate of drug-likeness (QED) is 0.711. The highest BCUT2D eigenvalue weighted by Gasteiger charge is 2.12. The van der Waals surface area contributed by atoms with Crippen LogP contribution in [0.25, 0.3) is 0 Å². The minimum absolute atomic E-state index is 0.0353. The number of carbonyl (C=O) groups is 2. The van der Waals surface area contributed by atoms with E-state index in [9.17, 15) is 9.59 Å². The van der Waals surface area contributed by atoms with Crippen LogP contribution in [0.4, 0.5) is 5.82 Å². The van der Waals surface area contributed by atoms with Crippen LogP contribution in [0.2, 0.25) is 0 Å². The Morgan fingerprint density at radius 2 is 2.00 bits per heavy atom. The molecular weight excluding hydrogens is 268 g/mol. The van der Waals surface area contributed by atoms with Crippen molar-refractivity contribution < 1.29 is 9.59 Å². The maximum atomic E-state index is 12.1. The summed E-state index contributed by atoms with van der Waals surface area (Å²) < 4.78 is 0. The minimum atomic E-state index is -0.276. The van der Waals surface area contributed by atoms with E-state index in [4.69, 9.17) is 0 Å². The molecular formula is C15H24N4O2. The van der Waals surface area contributed by atoms with Crippen molar-refractivity contribution in [2.45, 2.75) is 33.1 Å².